The minimum absolute atomic E-state index is 0. The fourth-order valence-electron chi connectivity index (χ4n) is 2.92. The zero-order valence-corrected chi connectivity index (χ0v) is 14.9. The molecular weight excluding hydrogens is 328 g/mol. The molecule has 0 radical (unpaired) electrons. The third-order valence-electron chi connectivity index (χ3n) is 4.31. The van der Waals surface area contributed by atoms with Crippen molar-refractivity contribution in [3.8, 4) is 0 Å². The third-order valence-corrected chi connectivity index (χ3v) is 4.31. The molecule has 0 saturated carbocycles. The average molecular weight is 355 g/mol. The summed E-state index contributed by atoms with van der Waals surface area (Å²) in [5, 5.41) is 6.41. The quantitative estimate of drug-likeness (QED) is 0.736. The highest BCUT2D eigenvalue weighted by Gasteiger charge is 2.23. The van der Waals surface area contributed by atoms with Gasteiger partial charge in [-0.1, -0.05) is 30.3 Å². The molecule has 1 aromatic carbocycles. The first kappa shape index (κ1) is 20.5. The first-order valence-corrected chi connectivity index (χ1v) is 8.31. The van der Waals surface area contributed by atoms with E-state index in [9.17, 15) is 9.59 Å². The second-order valence-corrected chi connectivity index (χ2v) is 6.03. The van der Waals surface area contributed by atoms with Gasteiger partial charge in [-0.05, 0) is 44.3 Å². The monoisotopic (exact) mass is 354 g/mol. The number of amides is 1. The number of nitrogens with one attached hydrogen (secondary N) is 2. The Hall–Kier alpha value is -1.59. The molecule has 0 spiro atoms. The smallest absolute Gasteiger partial charge is 0.305 e. The van der Waals surface area contributed by atoms with Crippen LogP contribution >= 0.6 is 12.4 Å². The van der Waals surface area contributed by atoms with Crippen molar-refractivity contribution in [3.05, 3.63) is 35.9 Å². The van der Waals surface area contributed by atoms with Crippen LogP contribution in [0.15, 0.2) is 30.3 Å². The molecule has 24 heavy (non-hydrogen) atoms. The Labute approximate surface area is 149 Å². The first-order chi connectivity index (χ1) is 11.2. The molecule has 1 aromatic rings. The number of esters is 1. The Morgan fingerprint density at radius 1 is 1.25 bits per heavy atom. The molecule has 1 unspecified atom stereocenters. The molecule has 6 heteroatoms. The predicted molar refractivity (Wildman–Crippen MR) is 96.2 cm³/mol. The van der Waals surface area contributed by atoms with Crippen molar-refractivity contribution in [1.82, 2.24) is 10.6 Å². The van der Waals surface area contributed by atoms with E-state index in [0.29, 0.717) is 12.8 Å². The highest BCUT2D eigenvalue weighted by atomic mass is 35.5. The van der Waals surface area contributed by atoms with Crippen LogP contribution in [0.4, 0.5) is 0 Å². The van der Waals surface area contributed by atoms with Gasteiger partial charge in [0.2, 0.25) is 5.91 Å². The zero-order valence-electron chi connectivity index (χ0n) is 14.1. The number of rotatable bonds is 7. The van der Waals surface area contributed by atoms with Crippen molar-refractivity contribution < 1.29 is 14.3 Å². The van der Waals surface area contributed by atoms with Gasteiger partial charge in [0.15, 0.2) is 0 Å². The molecule has 0 bridgehead atoms. The van der Waals surface area contributed by atoms with Gasteiger partial charge >= 0.3 is 5.97 Å². The summed E-state index contributed by atoms with van der Waals surface area (Å²) >= 11 is 0. The summed E-state index contributed by atoms with van der Waals surface area (Å²) in [5.41, 5.74) is 1.16. The van der Waals surface area contributed by atoms with Gasteiger partial charge in [0.05, 0.1) is 7.11 Å². The molecule has 0 aliphatic carbocycles. The number of carbonyl (C=O) groups excluding carboxylic acids is 2. The highest BCUT2D eigenvalue weighted by molar-refractivity contribution is 5.85. The van der Waals surface area contributed by atoms with E-state index in [1.165, 1.54) is 7.11 Å². The number of hydrogen-bond donors (Lipinski definition) is 2. The summed E-state index contributed by atoms with van der Waals surface area (Å²) in [6.07, 6.45) is 3.40. The maximum Gasteiger partial charge on any atom is 0.305 e. The molecule has 1 aliphatic rings. The number of halogens is 1. The Morgan fingerprint density at radius 2 is 1.92 bits per heavy atom. The number of benzene rings is 1. The largest absolute Gasteiger partial charge is 0.469 e. The first-order valence-electron chi connectivity index (χ1n) is 8.31. The highest BCUT2D eigenvalue weighted by Crippen LogP contribution is 2.14. The van der Waals surface area contributed by atoms with Crippen LogP contribution in [-0.2, 0) is 20.7 Å². The van der Waals surface area contributed by atoms with Crippen LogP contribution in [0.3, 0.4) is 0 Å². The molecule has 1 saturated heterocycles. The van der Waals surface area contributed by atoms with E-state index in [-0.39, 0.29) is 36.2 Å². The Morgan fingerprint density at radius 3 is 2.54 bits per heavy atom. The van der Waals surface area contributed by atoms with Crippen LogP contribution < -0.4 is 10.6 Å². The second-order valence-electron chi connectivity index (χ2n) is 6.03. The fourth-order valence-corrected chi connectivity index (χ4v) is 2.92. The maximum atomic E-state index is 12.5. The van der Waals surface area contributed by atoms with Crippen LogP contribution in [0.1, 0.15) is 31.2 Å². The SMILES string of the molecule is COC(=O)CCC(Cc1ccccc1)NC(=O)C1CCNCC1.Cl. The van der Waals surface area contributed by atoms with Crippen molar-refractivity contribution in [2.45, 2.75) is 38.1 Å². The van der Waals surface area contributed by atoms with Gasteiger partial charge < -0.3 is 15.4 Å². The van der Waals surface area contributed by atoms with Crippen molar-refractivity contribution in [2.24, 2.45) is 5.92 Å². The van der Waals surface area contributed by atoms with Crippen molar-refractivity contribution >= 4 is 24.3 Å². The topological polar surface area (TPSA) is 67.4 Å². The average Bonchev–Trinajstić information content (AvgIpc) is 2.61. The standard InChI is InChI=1S/C18H26N2O3.ClH/c1-23-17(21)8-7-16(13-14-5-3-2-4-6-14)20-18(22)15-9-11-19-12-10-15;/h2-6,15-16,19H,7-13H2,1H3,(H,20,22);1H. The molecule has 1 aliphatic heterocycles. The summed E-state index contributed by atoms with van der Waals surface area (Å²) in [4.78, 5) is 23.9. The predicted octanol–water partition coefficient (Wildman–Crippen LogP) is 2.09. The van der Waals surface area contributed by atoms with Crippen LogP contribution in [-0.4, -0.2) is 38.1 Å². The van der Waals surface area contributed by atoms with E-state index in [1.807, 2.05) is 30.3 Å². The Kier molecular flexibility index (Phi) is 9.42. The fraction of sp³-hybridized carbons (Fsp3) is 0.556. The summed E-state index contributed by atoms with van der Waals surface area (Å²) in [6.45, 7) is 1.78. The molecule has 1 amide bonds. The lowest BCUT2D eigenvalue weighted by molar-refractivity contribution is -0.141. The number of carbonyl (C=O) groups is 2. The van der Waals surface area contributed by atoms with Crippen LogP contribution in [0.25, 0.3) is 0 Å². The molecule has 5 nitrogen and oxygen atoms in total. The molecule has 2 N–H and O–H groups in total. The number of methoxy groups -OCH3 is 1. The summed E-state index contributed by atoms with van der Waals surface area (Å²) in [7, 11) is 1.39. The van der Waals surface area contributed by atoms with Gasteiger partial charge in [-0.2, -0.15) is 0 Å². The summed E-state index contributed by atoms with van der Waals surface area (Å²) < 4.78 is 4.71. The molecule has 134 valence electrons. The second kappa shape index (κ2) is 11.0. The lowest BCUT2D eigenvalue weighted by Gasteiger charge is -2.25. The van der Waals surface area contributed by atoms with Crippen molar-refractivity contribution in [1.29, 1.82) is 0 Å². The van der Waals surface area contributed by atoms with E-state index in [0.717, 1.165) is 37.9 Å². The van der Waals surface area contributed by atoms with Gasteiger partial charge in [-0.15, -0.1) is 12.4 Å². The van der Waals surface area contributed by atoms with Gasteiger partial charge in [0.1, 0.15) is 0 Å². The van der Waals surface area contributed by atoms with Gasteiger partial charge in [-0.25, -0.2) is 0 Å². The number of hydrogen-bond acceptors (Lipinski definition) is 4. The van der Waals surface area contributed by atoms with E-state index in [4.69, 9.17) is 4.74 Å². The molecule has 0 aromatic heterocycles. The number of ether oxygens (including phenoxy) is 1. The number of piperidine rings is 1. The lowest BCUT2D eigenvalue weighted by atomic mass is 9.95. The van der Waals surface area contributed by atoms with Gasteiger partial charge in [0.25, 0.3) is 0 Å². The lowest BCUT2D eigenvalue weighted by Crippen LogP contribution is -2.43. The van der Waals surface area contributed by atoms with Crippen molar-refractivity contribution in [2.75, 3.05) is 20.2 Å². The molecule has 2 rings (SSSR count). The molecule has 1 atom stereocenters. The maximum absolute atomic E-state index is 12.5. The summed E-state index contributed by atoms with van der Waals surface area (Å²) in [5.74, 6) is -0.0517. The van der Waals surface area contributed by atoms with Crippen LogP contribution in [0.2, 0.25) is 0 Å². The minimum Gasteiger partial charge on any atom is -0.469 e. The van der Waals surface area contributed by atoms with Gasteiger partial charge in [-0.3, -0.25) is 9.59 Å². The van der Waals surface area contributed by atoms with Crippen molar-refractivity contribution in [3.63, 3.8) is 0 Å². The van der Waals surface area contributed by atoms with E-state index >= 15 is 0 Å². The Bertz CT molecular complexity index is 504. The zero-order chi connectivity index (χ0) is 16.5. The third kappa shape index (κ3) is 6.89. The van der Waals surface area contributed by atoms with E-state index in [1.54, 1.807) is 0 Å². The van der Waals surface area contributed by atoms with Crippen LogP contribution in [0, 0.1) is 5.92 Å². The Balaban J connectivity index is 0.00000288. The molecule has 1 heterocycles. The summed E-state index contributed by atoms with van der Waals surface area (Å²) in [6, 6.07) is 9.99. The van der Waals surface area contributed by atoms with E-state index < -0.39 is 0 Å². The van der Waals surface area contributed by atoms with Gasteiger partial charge in [0, 0.05) is 18.4 Å². The minimum atomic E-state index is -0.237. The normalized spacial score (nSPS) is 15.9. The van der Waals surface area contributed by atoms with E-state index in [2.05, 4.69) is 10.6 Å². The molecular formula is C18H27ClN2O3. The van der Waals surface area contributed by atoms with Crippen LogP contribution in [0.5, 0.6) is 0 Å². The molecule has 1 fully saturated rings.